The van der Waals surface area contributed by atoms with Crippen molar-refractivity contribution in [3.63, 3.8) is 0 Å². The lowest BCUT2D eigenvalue weighted by Crippen LogP contribution is -2.57. The summed E-state index contributed by atoms with van der Waals surface area (Å²) >= 11 is 0. The standard InChI is InChI=1S/C26H33FN5O8P/c1-15(28)24(34)31-21(14-17-6-10-19(11-7-17)40-41(37,38)39)26(36)32-12-2-3-22(32)25(35)30-20(23(29)33)13-16-4-8-18(27)9-5-16/h4-11,15,20-22H,2-3,12-14,28H2,1H3,(H2,29,33)(H,30,35)(H,31,34)(H2,37,38,39)/t15-,20-,21-,22-/m0/s1. The maximum Gasteiger partial charge on any atom is 0.524 e. The van der Waals surface area contributed by atoms with Crippen LogP contribution in [-0.2, 0) is 36.6 Å². The van der Waals surface area contributed by atoms with E-state index in [2.05, 4.69) is 15.2 Å². The molecule has 0 unspecified atom stereocenters. The first-order valence-electron chi connectivity index (χ1n) is 12.8. The molecular weight excluding hydrogens is 560 g/mol. The van der Waals surface area contributed by atoms with Crippen LogP contribution in [0, 0.1) is 5.82 Å². The van der Waals surface area contributed by atoms with E-state index in [0.717, 1.165) is 0 Å². The number of amides is 4. The molecule has 2 aromatic carbocycles. The van der Waals surface area contributed by atoms with Crippen LogP contribution in [0.4, 0.5) is 4.39 Å². The van der Waals surface area contributed by atoms with Crippen molar-refractivity contribution in [1.82, 2.24) is 15.5 Å². The first-order chi connectivity index (χ1) is 19.2. The summed E-state index contributed by atoms with van der Waals surface area (Å²) in [6.45, 7) is 1.66. The van der Waals surface area contributed by atoms with Gasteiger partial charge in [-0.25, -0.2) is 8.96 Å². The van der Waals surface area contributed by atoms with Crippen LogP contribution in [0.2, 0.25) is 0 Å². The van der Waals surface area contributed by atoms with E-state index in [4.69, 9.17) is 21.3 Å². The summed E-state index contributed by atoms with van der Waals surface area (Å²) in [7, 11) is -4.76. The van der Waals surface area contributed by atoms with Crippen molar-refractivity contribution in [1.29, 1.82) is 0 Å². The number of carbonyl (C=O) groups is 4. The van der Waals surface area contributed by atoms with Crippen LogP contribution in [0.3, 0.4) is 0 Å². The molecule has 1 saturated heterocycles. The third-order valence-electron chi connectivity index (χ3n) is 6.47. The lowest BCUT2D eigenvalue weighted by Gasteiger charge is -2.30. The summed E-state index contributed by atoms with van der Waals surface area (Å²) in [5, 5.41) is 5.20. The van der Waals surface area contributed by atoms with Gasteiger partial charge in [0.05, 0.1) is 6.04 Å². The normalized spacial score (nSPS) is 17.3. The molecule has 13 nitrogen and oxygen atoms in total. The second-order valence-corrected chi connectivity index (χ2v) is 10.9. The number of hydrogen-bond donors (Lipinski definition) is 6. The fourth-order valence-electron chi connectivity index (χ4n) is 4.41. The molecule has 3 rings (SSSR count). The number of hydrogen-bond acceptors (Lipinski definition) is 7. The number of halogens is 1. The predicted octanol–water partition coefficient (Wildman–Crippen LogP) is -0.124. The summed E-state index contributed by atoms with van der Waals surface area (Å²) in [5.41, 5.74) is 12.3. The van der Waals surface area contributed by atoms with Crippen molar-refractivity contribution >= 4 is 31.5 Å². The third kappa shape index (κ3) is 9.35. The molecule has 0 bridgehead atoms. The van der Waals surface area contributed by atoms with Crippen molar-refractivity contribution in [2.45, 2.75) is 56.8 Å². The smallest absolute Gasteiger partial charge is 0.404 e. The molecule has 0 aliphatic carbocycles. The fourth-order valence-corrected chi connectivity index (χ4v) is 4.81. The van der Waals surface area contributed by atoms with E-state index >= 15 is 0 Å². The molecule has 1 heterocycles. The van der Waals surface area contributed by atoms with E-state index in [0.29, 0.717) is 24.0 Å². The Morgan fingerprint density at radius 2 is 1.59 bits per heavy atom. The number of phosphoric ester groups is 1. The topological polar surface area (TPSA) is 214 Å². The molecular formula is C26H33FN5O8P. The molecule has 8 N–H and O–H groups in total. The molecule has 0 aromatic heterocycles. The molecule has 41 heavy (non-hydrogen) atoms. The zero-order valence-corrected chi connectivity index (χ0v) is 23.1. The number of nitrogens with two attached hydrogens (primary N) is 2. The van der Waals surface area contributed by atoms with Crippen molar-refractivity contribution in [2.24, 2.45) is 11.5 Å². The van der Waals surface area contributed by atoms with E-state index in [1.165, 1.54) is 60.4 Å². The van der Waals surface area contributed by atoms with E-state index in [-0.39, 0.29) is 25.1 Å². The van der Waals surface area contributed by atoms with E-state index in [1.54, 1.807) is 0 Å². The van der Waals surface area contributed by atoms with Gasteiger partial charge in [-0.05, 0) is 55.2 Å². The molecule has 0 spiro atoms. The average molecular weight is 594 g/mol. The maximum atomic E-state index is 13.7. The Kier molecular flexibility index (Phi) is 10.6. The highest BCUT2D eigenvalue weighted by molar-refractivity contribution is 7.46. The second kappa shape index (κ2) is 13.7. The van der Waals surface area contributed by atoms with Gasteiger partial charge in [0.15, 0.2) is 0 Å². The van der Waals surface area contributed by atoms with Crippen LogP contribution in [0.25, 0.3) is 0 Å². The molecule has 2 aromatic rings. The number of nitrogens with one attached hydrogen (secondary N) is 2. The zero-order valence-electron chi connectivity index (χ0n) is 22.2. The van der Waals surface area contributed by atoms with Gasteiger partial charge in [-0.3, -0.25) is 29.0 Å². The number of carbonyl (C=O) groups excluding carboxylic acids is 4. The van der Waals surface area contributed by atoms with Crippen LogP contribution in [0.5, 0.6) is 5.75 Å². The Hall–Kier alpha value is -3.84. The van der Waals surface area contributed by atoms with Crippen LogP contribution in [-0.4, -0.2) is 69.0 Å². The maximum absolute atomic E-state index is 13.7. The number of likely N-dealkylation sites (tertiary alicyclic amines) is 1. The van der Waals surface area contributed by atoms with Gasteiger partial charge in [-0.1, -0.05) is 24.3 Å². The molecule has 4 atom stereocenters. The van der Waals surface area contributed by atoms with Crippen LogP contribution >= 0.6 is 7.82 Å². The number of phosphoric acid groups is 1. The van der Waals surface area contributed by atoms with Gasteiger partial charge in [-0.2, -0.15) is 0 Å². The minimum atomic E-state index is -4.76. The Bertz CT molecular complexity index is 1300. The van der Waals surface area contributed by atoms with E-state index in [1.807, 2.05) is 0 Å². The Balaban J connectivity index is 1.76. The van der Waals surface area contributed by atoms with Gasteiger partial charge in [-0.15, -0.1) is 0 Å². The van der Waals surface area contributed by atoms with Gasteiger partial charge in [0.2, 0.25) is 23.6 Å². The van der Waals surface area contributed by atoms with Gasteiger partial charge in [0.1, 0.15) is 29.7 Å². The zero-order chi connectivity index (χ0) is 30.3. The van der Waals surface area contributed by atoms with Gasteiger partial charge in [0, 0.05) is 19.4 Å². The lowest BCUT2D eigenvalue weighted by atomic mass is 10.0. The first kappa shape index (κ1) is 31.7. The largest absolute Gasteiger partial charge is 0.524 e. The summed E-state index contributed by atoms with van der Waals surface area (Å²) in [6, 6.07) is 6.86. The first-order valence-corrected chi connectivity index (χ1v) is 14.3. The highest BCUT2D eigenvalue weighted by atomic mass is 31.2. The molecule has 15 heteroatoms. The number of primary amides is 1. The lowest BCUT2D eigenvalue weighted by molar-refractivity contribution is -0.142. The van der Waals surface area contributed by atoms with Crippen molar-refractivity contribution in [3.05, 3.63) is 65.5 Å². The number of nitrogens with zero attached hydrogens (tertiary/aromatic N) is 1. The van der Waals surface area contributed by atoms with Crippen molar-refractivity contribution in [2.75, 3.05) is 6.54 Å². The highest BCUT2D eigenvalue weighted by Crippen LogP contribution is 2.37. The molecule has 1 aliphatic heterocycles. The SMILES string of the molecule is C[C@H](N)C(=O)N[C@@H](Cc1ccc(OP(=O)(O)O)cc1)C(=O)N1CCC[C@H]1C(=O)N[C@@H](Cc1ccc(F)cc1)C(N)=O. The summed E-state index contributed by atoms with van der Waals surface area (Å²) in [5.74, 6) is -3.10. The quantitative estimate of drug-likeness (QED) is 0.181. The highest BCUT2D eigenvalue weighted by Gasteiger charge is 2.39. The Morgan fingerprint density at radius 3 is 2.12 bits per heavy atom. The van der Waals surface area contributed by atoms with Gasteiger partial charge in [0.25, 0.3) is 0 Å². The fraction of sp³-hybridized carbons (Fsp3) is 0.385. The summed E-state index contributed by atoms with van der Waals surface area (Å²) in [6.07, 6.45) is 0.803. The van der Waals surface area contributed by atoms with Gasteiger partial charge >= 0.3 is 7.82 Å². The van der Waals surface area contributed by atoms with Crippen LogP contribution in [0.15, 0.2) is 48.5 Å². The third-order valence-corrected chi connectivity index (χ3v) is 6.92. The minimum absolute atomic E-state index is 0.0210. The number of benzene rings is 2. The molecule has 222 valence electrons. The summed E-state index contributed by atoms with van der Waals surface area (Å²) < 4.78 is 28.9. The molecule has 4 amide bonds. The van der Waals surface area contributed by atoms with Crippen molar-refractivity contribution in [3.8, 4) is 5.75 Å². The van der Waals surface area contributed by atoms with E-state index < -0.39 is 61.4 Å². The minimum Gasteiger partial charge on any atom is -0.404 e. The molecule has 0 saturated carbocycles. The molecule has 1 fully saturated rings. The Labute approximate surface area is 235 Å². The summed E-state index contributed by atoms with van der Waals surface area (Å²) in [4.78, 5) is 70.7. The Morgan fingerprint density at radius 1 is 1.02 bits per heavy atom. The molecule has 1 aliphatic rings. The van der Waals surface area contributed by atoms with E-state index in [9.17, 15) is 28.1 Å². The van der Waals surface area contributed by atoms with Crippen molar-refractivity contribution < 1.29 is 42.4 Å². The predicted molar refractivity (Wildman–Crippen MR) is 144 cm³/mol. The van der Waals surface area contributed by atoms with Crippen LogP contribution in [0.1, 0.15) is 30.9 Å². The molecule has 0 radical (unpaired) electrons. The average Bonchev–Trinajstić information content (AvgIpc) is 3.39. The second-order valence-electron chi connectivity index (χ2n) is 9.76. The van der Waals surface area contributed by atoms with Crippen LogP contribution < -0.4 is 26.6 Å². The van der Waals surface area contributed by atoms with Gasteiger partial charge < -0.3 is 31.5 Å². The monoisotopic (exact) mass is 593 g/mol. The number of rotatable bonds is 12.